The molecule has 6 nitrogen and oxygen atoms in total. The van der Waals surface area contributed by atoms with Gasteiger partial charge in [-0.15, -0.1) is 0 Å². The van der Waals surface area contributed by atoms with Gasteiger partial charge in [-0.3, -0.25) is 9.59 Å². The summed E-state index contributed by atoms with van der Waals surface area (Å²) in [6.45, 7) is 2.52. The number of hydrogen-bond acceptors (Lipinski definition) is 4. The molecule has 0 amide bonds. The van der Waals surface area contributed by atoms with Gasteiger partial charge in [-0.25, -0.2) is 0 Å². The van der Waals surface area contributed by atoms with Crippen LogP contribution in [0, 0.1) is 5.41 Å². The maximum Gasteiger partial charge on any atom is 0.321 e. The third-order valence-corrected chi connectivity index (χ3v) is 3.35. The fraction of sp³-hybridized carbons (Fsp3) is 0.818. The first-order chi connectivity index (χ1) is 8.03. The van der Waals surface area contributed by atoms with Gasteiger partial charge in [-0.1, -0.05) is 0 Å². The number of methoxy groups -OCH3 is 1. The molecular formula is C11H19NO5. The van der Waals surface area contributed by atoms with Gasteiger partial charge in [-0.05, 0) is 32.4 Å². The molecular weight excluding hydrogens is 226 g/mol. The molecule has 0 atom stereocenters. The number of aliphatic carboxylic acids is 2. The zero-order chi connectivity index (χ0) is 12.9. The van der Waals surface area contributed by atoms with Crippen molar-refractivity contribution in [2.45, 2.75) is 19.3 Å². The highest BCUT2D eigenvalue weighted by molar-refractivity contribution is 5.98. The van der Waals surface area contributed by atoms with Crippen LogP contribution in [0.1, 0.15) is 19.3 Å². The average molecular weight is 245 g/mol. The van der Waals surface area contributed by atoms with Crippen LogP contribution in [-0.2, 0) is 14.3 Å². The predicted octanol–water partition coefficient (Wildman–Crippen LogP) is 0.274. The molecule has 1 heterocycles. The molecule has 0 aliphatic carbocycles. The number of carbonyl (C=O) groups is 2. The number of carboxylic acid groups (broad SMARTS) is 2. The minimum Gasteiger partial charge on any atom is -0.480 e. The lowest BCUT2D eigenvalue weighted by Gasteiger charge is -2.35. The topological polar surface area (TPSA) is 87.1 Å². The van der Waals surface area contributed by atoms with Gasteiger partial charge in [0.05, 0.1) is 0 Å². The zero-order valence-corrected chi connectivity index (χ0v) is 10.0. The minimum absolute atomic E-state index is 0.171. The Bertz CT molecular complexity index is 268. The Balaban J connectivity index is 2.48. The molecule has 0 radical (unpaired) electrons. The lowest BCUT2D eigenvalue weighted by Crippen LogP contribution is -2.49. The summed E-state index contributed by atoms with van der Waals surface area (Å²) in [7, 11) is 1.64. The number of rotatable bonds is 6. The van der Waals surface area contributed by atoms with Gasteiger partial charge in [0.1, 0.15) is 0 Å². The minimum atomic E-state index is -1.59. The maximum absolute atomic E-state index is 11.1. The van der Waals surface area contributed by atoms with Gasteiger partial charge in [0.2, 0.25) is 0 Å². The summed E-state index contributed by atoms with van der Waals surface area (Å²) in [5.74, 6) is -2.44. The second-order valence-corrected chi connectivity index (χ2v) is 4.38. The predicted molar refractivity (Wildman–Crippen MR) is 59.9 cm³/mol. The van der Waals surface area contributed by atoms with Crippen LogP contribution in [0.15, 0.2) is 0 Å². The number of hydrogen-bond donors (Lipinski definition) is 2. The molecule has 2 N–H and O–H groups in total. The van der Waals surface area contributed by atoms with Crippen molar-refractivity contribution in [2.75, 3.05) is 33.4 Å². The molecule has 0 bridgehead atoms. The molecule has 6 heteroatoms. The third-order valence-electron chi connectivity index (χ3n) is 3.35. The van der Waals surface area contributed by atoms with Crippen LogP contribution in [0.2, 0.25) is 0 Å². The smallest absolute Gasteiger partial charge is 0.321 e. The second kappa shape index (κ2) is 5.97. The van der Waals surface area contributed by atoms with E-state index in [1.165, 1.54) is 0 Å². The van der Waals surface area contributed by atoms with Crippen LogP contribution in [0.5, 0.6) is 0 Å². The molecule has 1 fully saturated rings. The molecule has 0 unspecified atom stereocenters. The van der Waals surface area contributed by atoms with Crippen LogP contribution in [0.3, 0.4) is 0 Å². The lowest BCUT2D eigenvalue weighted by molar-refractivity contribution is -0.168. The van der Waals surface area contributed by atoms with Crippen LogP contribution < -0.4 is 0 Å². The van der Waals surface area contributed by atoms with Crippen LogP contribution in [-0.4, -0.2) is 60.4 Å². The van der Waals surface area contributed by atoms with Gasteiger partial charge < -0.3 is 19.8 Å². The van der Waals surface area contributed by atoms with Crippen molar-refractivity contribution in [1.82, 2.24) is 4.90 Å². The molecule has 0 spiro atoms. The van der Waals surface area contributed by atoms with Crippen LogP contribution in [0.25, 0.3) is 0 Å². The zero-order valence-electron chi connectivity index (χ0n) is 10.0. The highest BCUT2D eigenvalue weighted by Crippen LogP contribution is 2.32. The van der Waals surface area contributed by atoms with Gasteiger partial charge in [0, 0.05) is 20.3 Å². The summed E-state index contributed by atoms with van der Waals surface area (Å²) >= 11 is 0. The summed E-state index contributed by atoms with van der Waals surface area (Å²) < 4.78 is 4.94. The Labute approximate surface area is 100 Å². The summed E-state index contributed by atoms with van der Waals surface area (Å²) in [5.41, 5.74) is -1.59. The van der Waals surface area contributed by atoms with Crippen molar-refractivity contribution in [3.63, 3.8) is 0 Å². The number of carboxylic acids is 2. The van der Waals surface area contributed by atoms with E-state index in [0.29, 0.717) is 19.7 Å². The Morgan fingerprint density at radius 1 is 1.24 bits per heavy atom. The summed E-state index contributed by atoms with van der Waals surface area (Å²) in [4.78, 5) is 24.2. The highest BCUT2D eigenvalue weighted by atomic mass is 16.5. The first kappa shape index (κ1) is 13.9. The lowest BCUT2D eigenvalue weighted by atomic mass is 9.78. The average Bonchev–Trinajstić information content (AvgIpc) is 2.29. The van der Waals surface area contributed by atoms with Crippen molar-refractivity contribution in [1.29, 1.82) is 0 Å². The van der Waals surface area contributed by atoms with Crippen LogP contribution >= 0.6 is 0 Å². The Kier molecular flexibility index (Phi) is 4.89. The summed E-state index contributed by atoms with van der Waals surface area (Å²) in [6.07, 6.45) is 1.22. The Hall–Kier alpha value is -1.14. The van der Waals surface area contributed by atoms with E-state index in [1.807, 2.05) is 0 Å². The molecule has 0 saturated carbocycles. The Morgan fingerprint density at radius 2 is 1.76 bits per heavy atom. The molecule has 0 aromatic carbocycles. The van der Waals surface area contributed by atoms with Crippen LogP contribution in [0.4, 0.5) is 0 Å². The van der Waals surface area contributed by atoms with E-state index in [1.54, 1.807) is 7.11 Å². The molecule has 98 valence electrons. The fourth-order valence-electron chi connectivity index (χ4n) is 2.11. The third kappa shape index (κ3) is 3.17. The standard InChI is InChI=1S/C11H19NO5/c1-17-8-2-5-12-6-3-11(4-7-12,9(13)14)10(15)16/h2-8H2,1H3,(H,13,14)(H,15,16). The molecule has 0 aromatic rings. The molecule has 1 aliphatic rings. The van der Waals surface area contributed by atoms with E-state index in [0.717, 1.165) is 13.0 Å². The van der Waals surface area contributed by atoms with E-state index in [9.17, 15) is 9.59 Å². The molecule has 0 aromatic heterocycles. The molecule has 1 rings (SSSR count). The fourth-order valence-corrected chi connectivity index (χ4v) is 2.11. The van der Waals surface area contributed by atoms with E-state index in [4.69, 9.17) is 14.9 Å². The van der Waals surface area contributed by atoms with E-state index >= 15 is 0 Å². The van der Waals surface area contributed by atoms with Crippen molar-refractivity contribution in [3.05, 3.63) is 0 Å². The van der Waals surface area contributed by atoms with E-state index in [-0.39, 0.29) is 12.8 Å². The quantitative estimate of drug-likeness (QED) is 0.516. The van der Waals surface area contributed by atoms with Crippen molar-refractivity contribution >= 4 is 11.9 Å². The van der Waals surface area contributed by atoms with Crippen molar-refractivity contribution in [2.24, 2.45) is 5.41 Å². The normalized spacial score (nSPS) is 20.1. The molecule has 1 aliphatic heterocycles. The number of nitrogens with zero attached hydrogens (tertiary/aromatic N) is 1. The van der Waals surface area contributed by atoms with E-state index in [2.05, 4.69) is 4.90 Å². The highest BCUT2D eigenvalue weighted by Gasteiger charge is 2.48. The van der Waals surface area contributed by atoms with Gasteiger partial charge in [0.15, 0.2) is 5.41 Å². The number of ether oxygens (including phenoxy) is 1. The Morgan fingerprint density at radius 3 is 2.18 bits per heavy atom. The van der Waals surface area contributed by atoms with Crippen molar-refractivity contribution < 1.29 is 24.5 Å². The number of likely N-dealkylation sites (tertiary alicyclic amines) is 1. The SMILES string of the molecule is COCCCN1CCC(C(=O)O)(C(=O)O)CC1. The van der Waals surface area contributed by atoms with Gasteiger partial charge in [-0.2, -0.15) is 0 Å². The largest absolute Gasteiger partial charge is 0.480 e. The van der Waals surface area contributed by atoms with Crippen molar-refractivity contribution in [3.8, 4) is 0 Å². The van der Waals surface area contributed by atoms with E-state index < -0.39 is 17.4 Å². The van der Waals surface area contributed by atoms with Gasteiger partial charge in [0.25, 0.3) is 0 Å². The monoisotopic (exact) mass is 245 g/mol. The second-order valence-electron chi connectivity index (χ2n) is 4.38. The first-order valence-electron chi connectivity index (χ1n) is 5.71. The first-order valence-corrected chi connectivity index (χ1v) is 5.71. The molecule has 1 saturated heterocycles. The van der Waals surface area contributed by atoms with Gasteiger partial charge >= 0.3 is 11.9 Å². The number of piperidine rings is 1. The summed E-state index contributed by atoms with van der Waals surface area (Å²) in [5, 5.41) is 18.1. The maximum atomic E-state index is 11.1. The molecule has 17 heavy (non-hydrogen) atoms. The summed E-state index contributed by atoms with van der Waals surface area (Å²) in [6, 6.07) is 0.